The highest BCUT2D eigenvalue weighted by molar-refractivity contribution is 6.33. The number of amides is 1. The zero-order valence-corrected chi connectivity index (χ0v) is 13.9. The average molecular weight is 358 g/mol. The molecule has 2 aromatic carbocycles. The van der Waals surface area contributed by atoms with Gasteiger partial charge in [-0.25, -0.2) is 13.2 Å². The lowest BCUT2D eigenvalue weighted by Gasteiger charge is -2.17. The number of rotatable bonds is 5. The Hall–Kier alpha value is -2.05. The second-order valence-electron chi connectivity index (χ2n) is 5.55. The van der Waals surface area contributed by atoms with E-state index >= 15 is 0 Å². The standard InChI is InChI=1S/C17H16ClF3N2O/c1-9(13-5-3-12(20)8-15(13)21)22-10(2)17(24)23-16-6-4-11(19)7-14(16)18/h3-10,22H,1-2H3,(H,23,24)/p+1/t9-,10-/m1/s1. The van der Waals surface area contributed by atoms with Crippen LogP contribution in [0.1, 0.15) is 25.5 Å². The van der Waals surface area contributed by atoms with Crippen molar-refractivity contribution in [3.05, 3.63) is 64.4 Å². The predicted molar refractivity (Wildman–Crippen MR) is 86.2 cm³/mol. The van der Waals surface area contributed by atoms with Gasteiger partial charge in [0.1, 0.15) is 23.5 Å². The molecule has 7 heteroatoms. The number of hydrogen-bond acceptors (Lipinski definition) is 1. The normalized spacial score (nSPS) is 13.4. The molecule has 0 saturated carbocycles. The fourth-order valence-corrected chi connectivity index (χ4v) is 2.55. The van der Waals surface area contributed by atoms with Gasteiger partial charge in [-0.3, -0.25) is 4.79 Å². The molecule has 0 aliphatic rings. The molecule has 0 bridgehead atoms. The van der Waals surface area contributed by atoms with Crippen molar-refractivity contribution in [1.82, 2.24) is 0 Å². The molecule has 0 heterocycles. The smallest absolute Gasteiger partial charge is 0.282 e. The summed E-state index contributed by atoms with van der Waals surface area (Å²) < 4.78 is 39.7. The molecule has 0 radical (unpaired) electrons. The van der Waals surface area contributed by atoms with Crippen LogP contribution >= 0.6 is 11.6 Å². The molecule has 0 aromatic heterocycles. The lowest BCUT2D eigenvalue weighted by atomic mass is 10.1. The van der Waals surface area contributed by atoms with Gasteiger partial charge in [-0.2, -0.15) is 0 Å². The van der Waals surface area contributed by atoms with E-state index in [1.54, 1.807) is 19.2 Å². The number of halogens is 4. The van der Waals surface area contributed by atoms with E-state index in [1.807, 2.05) is 0 Å². The molecule has 128 valence electrons. The number of benzene rings is 2. The fourth-order valence-electron chi connectivity index (χ4n) is 2.33. The first-order valence-electron chi connectivity index (χ1n) is 7.33. The molecular formula is C17H17ClF3N2O+. The maximum Gasteiger partial charge on any atom is 0.282 e. The summed E-state index contributed by atoms with van der Waals surface area (Å²) in [6, 6.07) is 6.03. The van der Waals surface area contributed by atoms with Gasteiger partial charge in [-0.05, 0) is 44.2 Å². The van der Waals surface area contributed by atoms with Crippen LogP contribution in [0.15, 0.2) is 36.4 Å². The van der Waals surface area contributed by atoms with Crippen LogP contribution in [0.4, 0.5) is 18.9 Å². The summed E-state index contributed by atoms with van der Waals surface area (Å²) in [7, 11) is 0. The van der Waals surface area contributed by atoms with Crippen LogP contribution in [0.5, 0.6) is 0 Å². The van der Waals surface area contributed by atoms with Crippen LogP contribution in [0.3, 0.4) is 0 Å². The molecule has 0 spiro atoms. The highest BCUT2D eigenvalue weighted by Gasteiger charge is 2.23. The minimum Gasteiger partial charge on any atom is -0.330 e. The van der Waals surface area contributed by atoms with E-state index in [4.69, 9.17) is 11.6 Å². The summed E-state index contributed by atoms with van der Waals surface area (Å²) in [5.74, 6) is -2.18. The van der Waals surface area contributed by atoms with Gasteiger partial charge >= 0.3 is 0 Å². The maximum atomic E-state index is 13.8. The summed E-state index contributed by atoms with van der Waals surface area (Å²) >= 11 is 5.87. The van der Waals surface area contributed by atoms with Gasteiger partial charge in [-0.15, -0.1) is 0 Å². The molecule has 0 unspecified atom stereocenters. The molecule has 0 saturated heterocycles. The lowest BCUT2D eigenvalue weighted by molar-refractivity contribution is -0.710. The summed E-state index contributed by atoms with van der Waals surface area (Å²) in [6.07, 6.45) is 0. The SMILES string of the molecule is C[C@@H]([NH2+][C@H](C)c1ccc(F)cc1F)C(=O)Nc1ccc(F)cc1Cl. The number of nitrogens with two attached hydrogens (primary N) is 1. The number of carbonyl (C=O) groups excluding carboxylic acids is 1. The number of carbonyl (C=O) groups is 1. The largest absolute Gasteiger partial charge is 0.330 e. The van der Waals surface area contributed by atoms with Gasteiger partial charge in [0.25, 0.3) is 5.91 Å². The molecule has 0 fully saturated rings. The summed E-state index contributed by atoms with van der Waals surface area (Å²) in [6.45, 7) is 3.36. The molecule has 2 aromatic rings. The number of hydrogen-bond donors (Lipinski definition) is 2. The molecule has 0 aliphatic heterocycles. The molecule has 3 N–H and O–H groups in total. The number of quaternary nitrogens is 1. The zero-order chi connectivity index (χ0) is 17.9. The third-order valence-electron chi connectivity index (χ3n) is 3.63. The second-order valence-corrected chi connectivity index (χ2v) is 5.96. The van der Waals surface area contributed by atoms with Gasteiger partial charge in [-0.1, -0.05) is 11.6 Å². The van der Waals surface area contributed by atoms with Crippen molar-refractivity contribution in [2.75, 3.05) is 5.32 Å². The molecular weight excluding hydrogens is 341 g/mol. The van der Waals surface area contributed by atoms with Gasteiger partial charge in [0.2, 0.25) is 0 Å². The van der Waals surface area contributed by atoms with E-state index in [2.05, 4.69) is 5.32 Å². The summed E-state index contributed by atoms with van der Waals surface area (Å²) in [5, 5.41) is 4.33. The maximum absolute atomic E-state index is 13.8. The summed E-state index contributed by atoms with van der Waals surface area (Å²) in [5.41, 5.74) is 0.597. The Balaban J connectivity index is 2.02. The van der Waals surface area contributed by atoms with Gasteiger partial charge < -0.3 is 10.6 Å². The van der Waals surface area contributed by atoms with Crippen LogP contribution in [-0.2, 0) is 4.79 Å². The number of anilines is 1. The monoisotopic (exact) mass is 357 g/mol. The first-order valence-corrected chi connectivity index (χ1v) is 7.71. The van der Waals surface area contributed by atoms with Gasteiger partial charge in [0.15, 0.2) is 6.04 Å². The molecule has 0 aliphatic carbocycles. The first-order chi connectivity index (χ1) is 11.3. The van der Waals surface area contributed by atoms with Crippen molar-refractivity contribution in [1.29, 1.82) is 0 Å². The van der Waals surface area contributed by atoms with Crippen LogP contribution in [0.2, 0.25) is 5.02 Å². The van der Waals surface area contributed by atoms with Crippen LogP contribution in [0, 0.1) is 17.5 Å². The quantitative estimate of drug-likeness (QED) is 0.846. The highest BCUT2D eigenvalue weighted by Crippen LogP contribution is 2.22. The van der Waals surface area contributed by atoms with Crippen LogP contribution < -0.4 is 10.6 Å². The topological polar surface area (TPSA) is 45.7 Å². The average Bonchev–Trinajstić information content (AvgIpc) is 2.49. The summed E-state index contributed by atoms with van der Waals surface area (Å²) in [4.78, 5) is 12.2. The Labute approximate surface area is 142 Å². The van der Waals surface area contributed by atoms with E-state index in [1.165, 1.54) is 24.3 Å². The van der Waals surface area contributed by atoms with Crippen LogP contribution in [0.25, 0.3) is 0 Å². The van der Waals surface area contributed by atoms with Crippen molar-refractivity contribution in [3.8, 4) is 0 Å². The van der Waals surface area contributed by atoms with Crippen molar-refractivity contribution < 1.29 is 23.3 Å². The minimum atomic E-state index is -0.659. The molecule has 1 amide bonds. The van der Waals surface area contributed by atoms with Crippen molar-refractivity contribution in [2.45, 2.75) is 25.9 Å². The Morgan fingerprint density at radius 3 is 2.33 bits per heavy atom. The van der Waals surface area contributed by atoms with E-state index in [9.17, 15) is 18.0 Å². The first kappa shape index (κ1) is 18.3. The highest BCUT2D eigenvalue weighted by atomic mass is 35.5. The number of nitrogens with one attached hydrogen (secondary N) is 1. The lowest BCUT2D eigenvalue weighted by Crippen LogP contribution is -2.91. The third-order valence-corrected chi connectivity index (χ3v) is 3.95. The Morgan fingerprint density at radius 2 is 1.71 bits per heavy atom. The van der Waals surface area contributed by atoms with E-state index < -0.39 is 29.5 Å². The molecule has 2 rings (SSSR count). The predicted octanol–water partition coefficient (Wildman–Crippen LogP) is 3.41. The van der Waals surface area contributed by atoms with Gasteiger partial charge in [0.05, 0.1) is 10.7 Å². The fraction of sp³-hybridized carbons (Fsp3) is 0.235. The minimum absolute atomic E-state index is 0.0909. The van der Waals surface area contributed by atoms with Crippen molar-refractivity contribution in [2.24, 2.45) is 0 Å². The molecule has 3 nitrogen and oxygen atoms in total. The van der Waals surface area contributed by atoms with E-state index in [0.717, 1.165) is 12.1 Å². The van der Waals surface area contributed by atoms with Crippen molar-refractivity contribution >= 4 is 23.2 Å². The van der Waals surface area contributed by atoms with Crippen LogP contribution in [-0.4, -0.2) is 11.9 Å². The van der Waals surface area contributed by atoms with Crippen molar-refractivity contribution in [3.63, 3.8) is 0 Å². The second kappa shape index (κ2) is 7.68. The van der Waals surface area contributed by atoms with E-state index in [-0.39, 0.29) is 10.9 Å². The van der Waals surface area contributed by atoms with Gasteiger partial charge in [0, 0.05) is 11.6 Å². The molecule has 24 heavy (non-hydrogen) atoms. The Bertz CT molecular complexity index is 755. The molecule has 2 atom stereocenters. The Kier molecular flexibility index (Phi) is 5.85. The third kappa shape index (κ3) is 4.49. The Morgan fingerprint density at radius 1 is 1.08 bits per heavy atom. The van der Waals surface area contributed by atoms with E-state index in [0.29, 0.717) is 11.3 Å². The zero-order valence-electron chi connectivity index (χ0n) is 13.1.